The Bertz CT molecular complexity index is 1040. The van der Waals surface area contributed by atoms with Gasteiger partial charge in [-0.2, -0.15) is 5.10 Å². The molecule has 158 valence electrons. The average Bonchev–Trinajstić information content (AvgIpc) is 3.11. The molecule has 0 aliphatic heterocycles. The molecule has 6 heteroatoms. The predicted molar refractivity (Wildman–Crippen MR) is 117 cm³/mol. The summed E-state index contributed by atoms with van der Waals surface area (Å²) in [5.74, 6) is 1.38. The lowest BCUT2D eigenvalue weighted by Crippen LogP contribution is -2.23. The van der Waals surface area contributed by atoms with Crippen LogP contribution in [0.25, 0.3) is 0 Å². The van der Waals surface area contributed by atoms with Crippen molar-refractivity contribution in [2.75, 3.05) is 7.11 Å². The quantitative estimate of drug-likeness (QED) is 0.603. The molecule has 3 rings (SSSR count). The van der Waals surface area contributed by atoms with E-state index in [9.17, 15) is 4.79 Å². The third kappa shape index (κ3) is 4.82. The summed E-state index contributed by atoms with van der Waals surface area (Å²) in [4.78, 5) is 12.7. The molecular weight excluding hydrogens is 378 g/mol. The van der Waals surface area contributed by atoms with Crippen molar-refractivity contribution in [2.24, 2.45) is 0 Å². The molecule has 1 amide bonds. The number of amides is 1. The number of methoxy groups -OCH3 is 1. The Morgan fingerprint density at radius 2 is 1.87 bits per heavy atom. The minimum atomic E-state index is -0.144. The minimum Gasteiger partial charge on any atom is -0.496 e. The maximum Gasteiger partial charge on any atom is 0.251 e. The molecule has 0 aliphatic carbocycles. The van der Waals surface area contributed by atoms with E-state index in [-0.39, 0.29) is 5.91 Å². The smallest absolute Gasteiger partial charge is 0.251 e. The fourth-order valence-electron chi connectivity index (χ4n) is 3.31. The van der Waals surface area contributed by atoms with Gasteiger partial charge in [-0.3, -0.25) is 9.48 Å². The number of carbonyl (C=O) groups excluding carboxylic acids is 1. The molecule has 1 N–H and O–H groups in total. The summed E-state index contributed by atoms with van der Waals surface area (Å²) in [6.45, 7) is 9.65. The second kappa shape index (κ2) is 9.48. The average molecular weight is 408 g/mol. The zero-order valence-electron chi connectivity index (χ0n) is 18.3. The lowest BCUT2D eigenvalue weighted by Gasteiger charge is -2.14. The maximum absolute atomic E-state index is 12.7. The van der Waals surface area contributed by atoms with Crippen molar-refractivity contribution >= 4 is 5.91 Å². The molecule has 2 aromatic carbocycles. The monoisotopic (exact) mass is 407 g/mol. The van der Waals surface area contributed by atoms with Gasteiger partial charge < -0.3 is 14.8 Å². The van der Waals surface area contributed by atoms with Crippen LogP contribution in [0.15, 0.2) is 42.6 Å². The van der Waals surface area contributed by atoms with E-state index in [4.69, 9.17) is 9.47 Å². The maximum atomic E-state index is 12.7. The van der Waals surface area contributed by atoms with Crippen LogP contribution in [0.4, 0.5) is 0 Å². The van der Waals surface area contributed by atoms with E-state index in [0.717, 1.165) is 40.2 Å². The Hall–Kier alpha value is -3.28. The van der Waals surface area contributed by atoms with Gasteiger partial charge >= 0.3 is 0 Å². The standard InChI is InChI=1S/C24H29N3O3/c1-6-27-18(4)21(14-26-27)13-25-24(28)19-9-10-22(29-5)20(12-19)15-30-23-11-16(2)7-8-17(23)3/h7-12,14H,6,13,15H2,1-5H3,(H,25,28). The second-order valence-corrected chi connectivity index (χ2v) is 7.34. The molecule has 0 atom stereocenters. The van der Waals surface area contributed by atoms with Crippen LogP contribution in [-0.2, 0) is 19.7 Å². The van der Waals surface area contributed by atoms with Crippen LogP contribution in [0.1, 0.15) is 45.2 Å². The van der Waals surface area contributed by atoms with Gasteiger partial charge in [0.05, 0.1) is 13.3 Å². The molecule has 0 fully saturated rings. The third-order valence-electron chi connectivity index (χ3n) is 5.21. The van der Waals surface area contributed by atoms with E-state index < -0.39 is 0 Å². The minimum absolute atomic E-state index is 0.144. The largest absolute Gasteiger partial charge is 0.496 e. The molecule has 0 aliphatic rings. The molecule has 1 heterocycles. The first-order chi connectivity index (χ1) is 14.4. The van der Waals surface area contributed by atoms with Crippen molar-refractivity contribution in [1.82, 2.24) is 15.1 Å². The molecule has 0 saturated heterocycles. The Balaban J connectivity index is 1.72. The molecule has 0 bridgehead atoms. The normalized spacial score (nSPS) is 10.7. The summed E-state index contributed by atoms with van der Waals surface area (Å²) in [5.41, 5.74) is 5.66. The van der Waals surface area contributed by atoms with Crippen molar-refractivity contribution in [3.63, 3.8) is 0 Å². The number of aryl methyl sites for hydroxylation is 3. The van der Waals surface area contributed by atoms with Crippen molar-refractivity contribution < 1.29 is 14.3 Å². The van der Waals surface area contributed by atoms with Gasteiger partial charge in [-0.25, -0.2) is 0 Å². The summed E-state index contributed by atoms with van der Waals surface area (Å²) in [6.07, 6.45) is 1.80. The molecule has 3 aromatic rings. The summed E-state index contributed by atoms with van der Waals surface area (Å²) >= 11 is 0. The van der Waals surface area contributed by atoms with E-state index in [1.54, 1.807) is 25.4 Å². The first kappa shape index (κ1) is 21.4. The van der Waals surface area contributed by atoms with E-state index >= 15 is 0 Å². The fourth-order valence-corrected chi connectivity index (χ4v) is 3.31. The van der Waals surface area contributed by atoms with Crippen LogP contribution in [0.5, 0.6) is 11.5 Å². The van der Waals surface area contributed by atoms with Crippen LogP contribution < -0.4 is 14.8 Å². The van der Waals surface area contributed by atoms with Gasteiger partial charge in [0.1, 0.15) is 18.1 Å². The molecular formula is C24H29N3O3. The number of hydrogen-bond acceptors (Lipinski definition) is 4. The van der Waals surface area contributed by atoms with Gasteiger partial charge in [-0.15, -0.1) is 0 Å². The predicted octanol–water partition coefficient (Wildman–Crippen LogP) is 4.35. The van der Waals surface area contributed by atoms with Crippen molar-refractivity contribution in [1.29, 1.82) is 0 Å². The van der Waals surface area contributed by atoms with Gasteiger partial charge in [-0.1, -0.05) is 12.1 Å². The van der Waals surface area contributed by atoms with Crippen molar-refractivity contribution in [2.45, 2.75) is 47.4 Å². The van der Waals surface area contributed by atoms with Crippen molar-refractivity contribution in [3.05, 3.63) is 76.1 Å². The lowest BCUT2D eigenvalue weighted by molar-refractivity contribution is 0.0950. The third-order valence-corrected chi connectivity index (χ3v) is 5.21. The zero-order chi connectivity index (χ0) is 21.7. The Morgan fingerprint density at radius 1 is 1.07 bits per heavy atom. The molecule has 0 saturated carbocycles. The highest BCUT2D eigenvalue weighted by atomic mass is 16.5. The molecule has 6 nitrogen and oxygen atoms in total. The number of ether oxygens (including phenoxy) is 2. The van der Waals surface area contributed by atoms with Gasteiger partial charge in [0.15, 0.2) is 0 Å². The van der Waals surface area contributed by atoms with Crippen LogP contribution in [0.3, 0.4) is 0 Å². The molecule has 0 unspecified atom stereocenters. The van der Waals surface area contributed by atoms with E-state index in [1.807, 2.05) is 50.6 Å². The van der Waals surface area contributed by atoms with Gasteiger partial charge in [0.2, 0.25) is 0 Å². The van der Waals surface area contributed by atoms with Crippen LogP contribution in [-0.4, -0.2) is 22.8 Å². The molecule has 1 aromatic heterocycles. The fraction of sp³-hybridized carbons (Fsp3) is 0.333. The Labute approximate surface area is 177 Å². The summed E-state index contributed by atoms with van der Waals surface area (Å²) in [5, 5.41) is 7.30. The summed E-state index contributed by atoms with van der Waals surface area (Å²) < 4.78 is 13.4. The van der Waals surface area contributed by atoms with Crippen LogP contribution in [0, 0.1) is 20.8 Å². The first-order valence-electron chi connectivity index (χ1n) is 10.1. The number of carbonyl (C=O) groups is 1. The van der Waals surface area contributed by atoms with E-state index in [0.29, 0.717) is 24.5 Å². The number of nitrogens with zero attached hydrogens (tertiary/aromatic N) is 2. The molecule has 0 radical (unpaired) electrons. The molecule has 30 heavy (non-hydrogen) atoms. The lowest BCUT2D eigenvalue weighted by atomic mass is 10.1. The molecule has 0 spiro atoms. The van der Waals surface area contributed by atoms with E-state index in [1.165, 1.54) is 0 Å². The number of nitrogens with one attached hydrogen (secondary N) is 1. The highest BCUT2D eigenvalue weighted by molar-refractivity contribution is 5.94. The topological polar surface area (TPSA) is 65.4 Å². The van der Waals surface area contributed by atoms with Gasteiger partial charge in [-0.05, 0) is 63.1 Å². The summed E-state index contributed by atoms with van der Waals surface area (Å²) in [6, 6.07) is 11.5. The number of aromatic nitrogens is 2. The van der Waals surface area contributed by atoms with Crippen molar-refractivity contribution in [3.8, 4) is 11.5 Å². The number of benzene rings is 2. The van der Waals surface area contributed by atoms with Crippen LogP contribution in [0.2, 0.25) is 0 Å². The zero-order valence-corrected chi connectivity index (χ0v) is 18.3. The number of hydrogen-bond donors (Lipinski definition) is 1. The summed E-state index contributed by atoms with van der Waals surface area (Å²) in [7, 11) is 1.62. The Morgan fingerprint density at radius 3 is 2.57 bits per heavy atom. The second-order valence-electron chi connectivity index (χ2n) is 7.34. The van der Waals surface area contributed by atoms with Gasteiger partial charge in [0, 0.05) is 35.5 Å². The van der Waals surface area contributed by atoms with Crippen LogP contribution >= 0.6 is 0 Å². The number of rotatable bonds is 8. The SMILES string of the molecule is CCn1ncc(CNC(=O)c2ccc(OC)c(COc3cc(C)ccc3C)c2)c1C. The highest BCUT2D eigenvalue weighted by Crippen LogP contribution is 2.25. The Kier molecular flexibility index (Phi) is 6.77. The first-order valence-corrected chi connectivity index (χ1v) is 10.1. The highest BCUT2D eigenvalue weighted by Gasteiger charge is 2.13. The van der Waals surface area contributed by atoms with Gasteiger partial charge in [0.25, 0.3) is 5.91 Å². The van der Waals surface area contributed by atoms with E-state index in [2.05, 4.69) is 16.5 Å².